The second-order valence-corrected chi connectivity index (χ2v) is 1.38. The number of cyclic esters (lactones) is 2. The van der Waals surface area contributed by atoms with Crippen LogP contribution in [0.1, 0.15) is 0 Å². The lowest BCUT2D eigenvalue weighted by Gasteiger charge is -2.06. The van der Waals surface area contributed by atoms with Crippen molar-refractivity contribution in [3.63, 3.8) is 0 Å². The van der Waals surface area contributed by atoms with Crippen LogP contribution in [0.4, 0.5) is 4.79 Å². The van der Waals surface area contributed by atoms with Crippen molar-refractivity contribution >= 4 is 6.16 Å². The molecule has 1 heterocycles. The average molecular weight is 120 g/mol. The highest BCUT2D eigenvalue weighted by Crippen LogP contribution is 2.11. The van der Waals surface area contributed by atoms with Crippen molar-refractivity contribution in [2.24, 2.45) is 0 Å². The standard InChI is InChI=1S/C3H4O5/c4-2-7-1-3(5,6)8-2/h5-6H,1H2. The normalized spacial score (nSPS) is 24.5. The smallest absolute Gasteiger partial charge is 0.424 e. The number of rotatable bonds is 0. The lowest BCUT2D eigenvalue weighted by molar-refractivity contribution is -0.286. The molecule has 2 N–H and O–H groups in total. The molecule has 0 aromatic rings. The molecule has 5 nitrogen and oxygen atoms in total. The first kappa shape index (κ1) is 5.33. The molecule has 0 aliphatic carbocycles. The van der Waals surface area contributed by atoms with Gasteiger partial charge in [-0.15, -0.1) is 0 Å². The average Bonchev–Trinajstić information content (AvgIpc) is 1.82. The van der Waals surface area contributed by atoms with Crippen LogP contribution in [-0.2, 0) is 9.47 Å². The van der Waals surface area contributed by atoms with Gasteiger partial charge in [-0.05, 0) is 0 Å². The van der Waals surface area contributed by atoms with Gasteiger partial charge < -0.3 is 19.7 Å². The molecule has 0 amide bonds. The molecule has 1 rings (SSSR count). The van der Waals surface area contributed by atoms with Gasteiger partial charge in [0, 0.05) is 0 Å². The van der Waals surface area contributed by atoms with E-state index in [1.165, 1.54) is 0 Å². The monoisotopic (exact) mass is 120 g/mol. The molecule has 0 radical (unpaired) electrons. The largest absolute Gasteiger partial charge is 0.513 e. The second kappa shape index (κ2) is 1.33. The summed E-state index contributed by atoms with van der Waals surface area (Å²) < 4.78 is 7.81. The summed E-state index contributed by atoms with van der Waals surface area (Å²) in [6.07, 6.45) is -1.06. The van der Waals surface area contributed by atoms with Crippen LogP contribution in [0, 0.1) is 0 Å². The highest BCUT2D eigenvalue weighted by molar-refractivity contribution is 5.61. The van der Waals surface area contributed by atoms with E-state index in [0.29, 0.717) is 0 Å². The molecular formula is C3H4O5. The van der Waals surface area contributed by atoms with E-state index in [9.17, 15) is 4.79 Å². The van der Waals surface area contributed by atoms with E-state index in [1.807, 2.05) is 0 Å². The van der Waals surface area contributed by atoms with Crippen LogP contribution >= 0.6 is 0 Å². The van der Waals surface area contributed by atoms with Gasteiger partial charge in [0.15, 0.2) is 6.61 Å². The fraction of sp³-hybridized carbons (Fsp3) is 0.667. The Morgan fingerprint density at radius 2 is 2.25 bits per heavy atom. The molecule has 0 atom stereocenters. The van der Waals surface area contributed by atoms with Crippen LogP contribution in [0.2, 0.25) is 0 Å². The Morgan fingerprint density at radius 1 is 1.62 bits per heavy atom. The Morgan fingerprint density at radius 3 is 2.38 bits per heavy atom. The van der Waals surface area contributed by atoms with Crippen LogP contribution in [0.25, 0.3) is 0 Å². The van der Waals surface area contributed by atoms with E-state index in [0.717, 1.165) is 0 Å². The van der Waals surface area contributed by atoms with E-state index in [4.69, 9.17) is 10.2 Å². The second-order valence-electron chi connectivity index (χ2n) is 1.38. The molecule has 0 saturated carbocycles. The third kappa shape index (κ3) is 0.877. The van der Waals surface area contributed by atoms with Crippen LogP contribution in [-0.4, -0.2) is 28.9 Å². The summed E-state index contributed by atoms with van der Waals surface area (Å²) in [7, 11) is 0. The molecule has 1 fully saturated rings. The summed E-state index contributed by atoms with van der Waals surface area (Å²) in [6.45, 7) is -0.522. The summed E-state index contributed by atoms with van der Waals surface area (Å²) in [5, 5.41) is 16.7. The van der Waals surface area contributed by atoms with E-state index in [1.54, 1.807) is 0 Å². The first-order valence-electron chi connectivity index (χ1n) is 1.91. The number of hydrogen-bond donors (Lipinski definition) is 2. The molecule has 1 aliphatic rings. The summed E-state index contributed by atoms with van der Waals surface area (Å²) in [5.41, 5.74) is 0. The van der Waals surface area contributed by atoms with Crippen molar-refractivity contribution in [3.05, 3.63) is 0 Å². The molecule has 0 spiro atoms. The molecule has 46 valence electrons. The Kier molecular flexibility index (Phi) is 0.887. The molecule has 1 aliphatic heterocycles. The molecule has 0 aromatic carbocycles. The molecule has 0 aromatic heterocycles. The summed E-state index contributed by atoms with van der Waals surface area (Å²) in [6, 6.07) is 0. The molecular weight excluding hydrogens is 116 g/mol. The number of ether oxygens (including phenoxy) is 2. The maximum absolute atomic E-state index is 9.89. The van der Waals surface area contributed by atoms with Gasteiger partial charge in [0.05, 0.1) is 0 Å². The third-order valence-corrected chi connectivity index (χ3v) is 0.625. The number of carbonyl (C=O) groups is 1. The molecule has 5 heteroatoms. The Hall–Kier alpha value is -0.810. The minimum atomic E-state index is -2.41. The number of hydrogen-bond acceptors (Lipinski definition) is 5. The fourth-order valence-electron chi connectivity index (χ4n) is 0.345. The maximum Gasteiger partial charge on any atom is 0.513 e. The van der Waals surface area contributed by atoms with E-state index >= 15 is 0 Å². The zero-order valence-corrected chi connectivity index (χ0v) is 3.83. The SMILES string of the molecule is O=C1OCC(O)(O)O1. The van der Waals surface area contributed by atoms with Crippen LogP contribution in [0.3, 0.4) is 0 Å². The lowest BCUT2D eigenvalue weighted by Crippen LogP contribution is -2.30. The quantitative estimate of drug-likeness (QED) is 0.310. The van der Waals surface area contributed by atoms with Crippen molar-refractivity contribution < 1.29 is 24.5 Å². The minimum absolute atomic E-state index is 0.522. The molecule has 1 saturated heterocycles. The van der Waals surface area contributed by atoms with E-state index in [2.05, 4.69) is 9.47 Å². The lowest BCUT2D eigenvalue weighted by atomic mass is 10.6. The summed E-state index contributed by atoms with van der Waals surface area (Å²) in [5.74, 6) is -2.41. The number of aliphatic hydroxyl groups is 2. The van der Waals surface area contributed by atoms with Crippen LogP contribution in [0.15, 0.2) is 0 Å². The zero-order valence-electron chi connectivity index (χ0n) is 3.83. The predicted octanol–water partition coefficient (Wildman–Crippen LogP) is -1.21. The first-order chi connectivity index (χ1) is 3.60. The maximum atomic E-state index is 9.89. The predicted molar refractivity (Wildman–Crippen MR) is 19.6 cm³/mol. The topological polar surface area (TPSA) is 76.0 Å². The zero-order chi connectivity index (χ0) is 6.20. The van der Waals surface area contributed by atoms with Gasteiger partial charge in [-0.2, -0.15) is 0 Å². The first-order valence-corrected chi connectivity index (χ1v) is 1.91. The van der Waals surface area contributed by atoms with Crippen molar-refractivity contribution in [1.29, 1.82) is 0 Å². The molecule has 0 unspecified atom stereocenters. The molecule has 0 bridgehead atoms. The minimum Gasteiger partial charge on any atom is -0.424 e. The highest BCUT2D eigenvalue weighted by atomic mass is 16.9. The van der Waals surface area contributed by atoms with E-state index < -0.39 is 18.7 Å². The molecule has 8 heavy (non-hydrogen) atoms. The van der Waals surface area contributed by atoms with Crippen molar-refractivity contribution in [1.82, 2.24) is 0 Å². The highest BCUT2D eigenvalue weighted by Gasteiger charge is 2.38. The Bertz CT molecular complexity index is 117. The van der Waals surface area contributed by atoms with Gasteiger partial charge >= 0.3 is 12.1 Å². The van der Waals surface area contributed by atoms with E-state index in [-0.39, 0.29) is 0 Å². The number of carbonyl (C=O) groups excluding carboxylic acids is 1. The van der Waals surface area contributed by atoms with Gasteiger partial charge in [0.1, 0.15) is 0 Å². The summed E-state index contributed by atoms with van der Waals surface area (Å²) in [4.78, 5) is 9.89. The van der Waals surface area contributed by atoms with Crippen molar-refractivity contribution in [3.8, 4) is 0 Å². The van der Waals surface area contributed by atoms with Gasteiger partial charge in [-0.3, -0.25) is 0 Å². The van der Waals surface area contributed by atoms with Gasteiger partial charge in [-0.1, -0.05) is 0 Å². The Labute approximate surface area is 44.4 Å². The van der Waals surface area contributed by atoms with Gasteiger partial charge in [-0.25, -0.2) is 4.79 Å². The van der Waals surface area contributed by atoms with Crippen LogP contribution < -0.4 is 0 Å². The van der Waals surface area contributed by atoms with Gasteiger partial charge in [0.25, 0.3) is 0 Å². The fourth-order valence-corrected chi connectivity index (χ4v) is 0.345. The Balaban J connectivity index is 2.56. The third-order valence-electron chi connectivity index (χ3n) is 0.625. The van der Waals surface area contributed by atoms with Crippen molar-refractivity contribution in [2.75, 3.05) is 6.61 Å². The summed E-state index contributed by atoms with van der Waals surface area (Å²) >= 11 is 0. The van der Waals surface area contributed by atoms with Crippen LogP contribution in [0.5, 0.6) is 0 Å². The van der Waals surface area contributed by atoms with Crippen molar-refractivity contribution in [2.45, 2.75) is 5.97 Å². The van der Waals surface area contributed by atoms with Gasteiger partial charge in [0.2, 0.25) is 0 Å².